The summed E-state index contributed by atoms with van der Waals surface area (Å²) in [5.74, 6) is 0. The van der Waals surface area contributed by atoms with Gasteiger partial charge in [-0.25, -0.2) is 0 Å². The first-order valence-electron chi connectivity index (χ1n) is 0.289. The molecule has 0 aromatic carbocycles. The molecule has 0 aromatic heterocycles. The molecule has 0 aliphatic rings. The average molecular weight is 350 g/mol. The zero-order chi connectivity index (χ0) is 2.00. The largest absolute Gasteiger partial charge is 0 e. The Morgan fingerprint density at radius 1 is 1.20 bits per heavy atom. The second kappa shape index (κ2) is 36.6. The summed E-state index contributed by atoms with van der Waals surface area (Å²) in [6.07, 6.45) is 0. The summed E-state index contributed by atoms with van der Waals surface area (Å²) in [5.41, 5.74) is 0. The number of hydrogen-bond acceptors (Lipinski definition) is 1. The Kier molecular flexibility index (Phi) is 203. The molecule has 0 saturated carbocycles. The van der Waals surface area contributed by atoms with Crippen molar-refractivity contribution in [3.05, 3.63) is 0 Å². The summed E-state index contributed by atoms with van der Waals surface area (Å²) in [7, 11) is 0. The van der Waals surface area contributed by atoms with Crippen LogP contribution in [0.2, 0.25) is 0 Å². The van der Waals surface area contributed by atoms with Crippen LogP contribution in [0.4, 0.5) is 0 Å². The van der Waals surface area contributed by atoms with Crippen LogP contribution >= 0.6 is 0 Å². The molecular formula is HAlCoCrOPt. The van der Waals surface area contributed by atoms with Gasteiger partial charge in [0.25, 0.3) is 0 Å². The van der Waals surface area contributed by atoms with Crippen molar-refractivity contribution in [1.82, 2.24) is 0 Å². The Labute approximate surface area is 74.5 Å². The van der Waals surface area contributed by atoms with Crippen LogP contribution in [0, 0.1) is 0 Å². The molecule has 0 N–H and O–H groups in total. The molecule has 1 radical (unpaired) electrons. The summed E-state index contributed by atoms with van der Waals surface area (Å²) >= 11 is 0.611. The third-order valence-corrected chi connectivity index (χ3v) is 0. The van der Waals surface area contributed by atoms with Crippen molar-refractivity contribution in [1.29, 1.82) is 0 Å². The van der Waals surface area contributed by atoms with Gasteiger partial charge in [0.1, 0.15) is 0 Å². The van der Waals surface area contributed by atoms with Crippen LogP contribution in [0.1, 0.15) is 0 Å². The van der Waals surface area contributed by atoms with Crippen molar-refractivity contribution in [2.75, 3.05) is 0 Å². The maximum absolute atomic E-state index is 8.28. The fourth-order valence-electron chi connectivity index (χ4n) is 0. The second-order valence-corrected chi connectivity index (χ2v) is 0. The predicted molar refractivity (Wildman–Crippen MR) is 7.84 cm³/mol. The average Bonchev–Trinajstić information content (AvgIpc) is 1.00. The van der Waals surface area contributed by atoms with E-state index in [-0.39, 0.29) is 55.2 Å². The Morgan fingerprint density at radius 3 is 1.20 bits per heavy atom. The fourth-order valence-corrected chi connectivity index (χ4v) is 0. The summed E-state index contributed by atoms with van der Waals surface area (Å²) in [4.78, 5) is 0. The molecule has 0 fully saturated rings. The van der Waals surface area contributed by atoms with Crippen LogP contribution in [0.3, 0.4) is 0 Å². The molecule has 5 heteroatoms. The predicted octanol–water partition coefficient (Wildman–Crippen LogP) is -0.775. The van der Waals surface area contributed by atoms with E-state index in [1.165, 1.54) is 0 Å². The standard InChI is InChI=1S/Al.Co.Cr.O.Pt.H. The molecule has 1 nitrogen and oxygen atoms in total. The topological polar surface area (TPSA) is 17.1 Å². The van der Waals surface area contributed by atoms with E-state index in [4.69, 9.17) is 3.80 Å². The van der Waals surface area contributed by atoms with E-state index >= 15 is 0 Å². The Hall–Kier alpha value is 2.06. The monoisotopic (exact) mass is 350 g/mol. The van der Waals surface area contributed by atoms with Crippen molar-refractivity contribution >= 4 is 16.2 Å². The van der Waals surface area contributed by atoms with Gasteiger partial charge in [-0.05, 0) is 0 Å². The van der Waals surface area contributed by atoms with Crippen molar-refractivity contribution in [3.63, 3.8) is 0 Å². The first-order valence-corrected chi connectivity index (χ1v) is 0.866. The molecule has 0 bridgehead atoms. The Bertz CT molecular complexity index is 11.6. The van der Waals surface area contributed by atoms with Crippen molar-refractivity contribution < 1.29 is 59.0 Å². The van der Waals surface area contributed by atoms with E-state index in [2.05, 4.69) is 0 Å². The molecule has 0 aliphatic carbocycles. The maximum Gasteiger partial charge on any atom is 0 e. The van der Waals surface area contributed by atoms with Crippen molar-refractivity contribution in [2.45, 2.75) is 0 Å². The van der Waals surface area contributed by atoms with E-state index in [0.29, 0.717) is 16.2 Å². The second-order valence-electron chi connectivity index (χ2n) is 0. The quantitative estimate of drug-likeness (QED) is 0.525. The molecule has 0 aromatic rings. The smallest absolute Gasteiger partial charge is 0 e. The van der Waals surface area contributed by atoms with Gasteiger partial charge in [0.2, 0.25) is 0 Å². The molecule has 35 valence electrons. The summed E-state index contributed by atoms with van der Waals surface area (Å²) in [6, 6.07) is 0. The fraction of sp³-hybridized carbons (Fsp3) is 0. The molecule has 0 unspecified atom stereocenters. The first-order chi connectivity index (χ1) is 1.00. The van der Waals surface area contributed by atoms with Gasteiger partial charge in [-0.3, -0.25) is 0 Å². The molecule has 0 atom stereocenters. The minimum absolute atomic E-state index is 0. The minimum atomic E-state index is 0. The SMILES string of the molecule is [Co].[Cr].[O]=[AlH].[Pt]. The third kappa shape index (κ3) is 23.5. The van der Waals surface area contributed by atoms with Gasteiger partial charge in [0.05, 0.1) is 0 Å². The maximum atomic E-state index is 8.28. The van der Waals surface area contributed by atoms with E-state index in [0.717, 1.165) is 0 Å². The van der Waals surface area contributed by atoms with Crippen LogP contribution in [0.15, 0.2) is 0 Å². The van der Waals surface area contributed by atoms with Gasteiger partial charge >= 0.3 is 20.0 Å². The van der Waals surface area contributed by atoms with E-state index < -0.39 is 0 Å². The molecular weight excluding hydrogens is 349 g/mol. The first kappa shape index (κ1) is 27.7. The van der Waals surface area contributed by atoms with Crippen LogP contribution in [0.5, 0.6) is 0 Å². The number of hydrogen-bond donors (Lipinski definition) is 0. The van der Waals surface area contributed by atoms with Gasteiger partial charge in [0, 0.05) is 55.2 Å². The van der Waals surface area contributed by atoms with Crippen molar-refractivity contribution in [3.8, 4) is 0 Å². The van der Waals surface area contributed by atoms with Gasteiger partial charge in [-0.1, -0.05) is 0 Å². The van der Waals surface area contributed by atoms with Crippen LogP contribution in [-0.4, -0.2) is 16.2 Å². The van der Waals surface area contributed by atoms with Gasteiger partial charge in [-0.15, -0.1) is 0 Å². The Morgan fingerprint density at radius 2 is 1.20 bits per heavy atom. The van der Waals surface area contributed by atoms with Crippen LogP contribution < -0.4 is 0 Å². The molecule has 0 saturated heterocycles. The van der Waals surface area contributed by atoms with Crippen LogP contribution in [-0.2, 0) is 59.0 Å². The van der Waals surface area contributed by atoms with Crippen molar-refractivity contribution in [2.24, 2.45) is 0 Å². The van der Waals surface area contributed by atoms with E-state index in [1.54, 1.807) is 0 Å². The zero-order valence-electron chi connectivity index (χ0n) is 2.17. The van der Waals surface area contributed by atoms with Crippen LogP contribution in [0.25, 0.3) is 0 Å². The molecule has 0 heterocycles. The van der Waals surface area contributed by atoms with E-state index in [1.807, 2.05) is 0 Å². The third-order valence-electron chi connectivity index (χ3n) is 0. The molecule has 0 rings (SSSR count). The summed E-state index contributed by atoms with van der Waals surface area (Å²) < 4.78 is 8.28. The minimum Gasteiger partial charge on any atom is 0 e. The molecule has 0 amide bonds. The van der Waals surface area contributed by atoms with Gasteiger partial charge in [-0.2, -0.15) is 0 Å². The normalized spacial score (nSPS) is 0.600. The summed E-state index contributed by atoms with van der Waals surface area (Å²) in [5, 5.41) is 0. The summed E-state index contributed by atoms with van der Waals surface area (Å²) in [6.45, 7) is 0. The van der Waals surface area contributed by atoms with Gasteiger partial charge < -0.3 is 0 Å². The molecule has 0 spiro atoms. The molecule has 5 heavy (non-hydrogen) atoms. The van der Waals surface area contributed by atoms with E-state index in [9.17, 15) is 0 Å². The van der Waals surface area contributed by atoms with Gasteiger partial charge in [0.15, 0.2) is 0 Å². The zero-order valence-corrected chi connectivity index (χ0v) is 8.18. The Balaban J connectivity index is -0.00000000167. The number of rotatable bonds is 0. The molecule has 0 aliphatic heterocycles.